The van der Waals surface area contributed by atoms with Crippen LogP contribution in [0.25, 0.3) is 98.1 Å². The summed E-state index contributed by atoms with van der Waals surface area (Å²) in [7, 11) is 0. The molecule has 12 aromatic carbocycles. The normalized spacial score (nSPS) is 11.8. The standard InChI is InChI=1S/C64H40N2O2/c1-3-15-49-43(13-1)37-59(53-19-7-5-17-51(49)53)65(47-33-35-63-57(39-47)55-21-9-11-23-61(55)67-63)45-29-25-41(26-30-45)42-27-31-46(32-28-42)66(48-34-36-64-58(40-48)56-22-10-12-24-62(56)68-64)60-38-44-14-2-4-16-50(44)52-18-6-8-20-54(52)60/h1-40H. The molecule has 0 aliphatic rings. The van der Waals surface area contributed by atoms with Gasteiger partial charge in [0, 0.05) is 55.1 Å². The van der Waals surface area contributed by atoms with Gasteiger partial charge in [0.15, 0.2) is 0 Å². The average molecular weight is 869 g/mol. The first kappa shape index (κ1) is 38.2. The zero-order valence-electron chi connectivity index (χ0n) is 36.8. The van der Waals surface area contributed by atoms with Gasteiger partial charge in [-0.2, -0.15) is 0 Å². The molecule has 14 aromatic rings. The molecule has 0 saturated heterocycles. The monoisotopic (exact) mass is 868 g/mol. The highest BCUT2D eigenvalue weighted by Gasteiger charge is 2.22. The molecular weight excluding hydrogens is 829 g/mol. The fraction of sp³-hybridized carbons (Fsp3) is 0. The second-order valence-corrected chi connectivity index (χ2v) is 17.6. The lowest BCUT2D eigenvalue weighted by Gasteiger charge is -2.28. The summed E-state index contributed by atoms with van der Waals surface area (Å²) in [5.41, 5.74) is 12.3. The number of furan rings is 2. The van der Waals surface area contributed by atoms with E-state index < -0.39 is 0 Å². The zero-order valence-corrected chi connectivity index (χ0v) is 36.8. The van der Waals surface area contributed by atoms with Crippen LogP contribution in [0.5, 0.6) is 0 Å². The first-order chi connectivity index (χ1) is 33.7. The van der Waals surface area contributed by atoms with Crippen LogP contribution in [0.15, 0.2) is 251 Å². The number of hydrogen-bond acceptors (Lipinski definition) is 4. The Morgan fingerprint density at radius 1 is 0.221 bits per heavy atom. The molecule has 14 rings (SSSR count). The molecule has 0 aliphatic heterocycles. The Hall–Kier alpha value is -9.12. The molecule has 0 unspecified atom stereocenters. The van der Waals surface area contributed by atoms with Crippen LogP contribution < -0.4 is 9.80 Å². The van der Waals surface area contributed by atoms with Gasteiger partial charge in [0.2, 0.25) is 0 Å². The van der Waals surface area contributed by atoms with Crippen LogP contribution in [0.2, 0.25) is 0 Å². The van der Waals surface area contributed by atoms with Gasteiger partial charge in [-0.3, -0.25) is 0 Å². The van der Waals surface area contributed by atoms with E-state index in [9.17, 15) is 0 Å². The summed E-state index contributed by atoms with van der Waals surface area (Å²) in [5.74, 6) is 0. The number of hydrogen-bond donors (Lipinski definition) is 0. The first-order valence-electron chi connectivity index (χ1n) is 23.1. The van der Waals surface area contributed by atoms with Crippen LogP contribution in [0.1, 0.15) is 0 Å². The molecule has 0 bridgehead atoms. The minimum absolute atomic E-state index is 0.875. The van der Waals surface area contributed by atoms with Crippen molar-refractivity contribution in [3.8, 4) is 11.1 Å². The number of fused-ring (bicyclic) bond motifs is 12. The maximum absolute atomic E-state index is 6.30. The second-order valence-electron chi connectivity index (χ2n) is 17.6. The van der Waals surface area contributed by atoms with Crippen molar-refractivity contribution in [1.82, 2.24) is 0 Å². The summed E-state index contributed by atoms with van der Waals surface area (Å²) < 4.78 is 12.6. The molecule has 0 amide bonds. The summed E-state index contributed by atoms with van der Waals surface area (Å²) in [6.07, 6.45) is 0. The van der Waals surface area contributed by atoms with E-state index in [4.69, 9.17) is 8.83 Å². The van der Waals surface area contributed by atoms with Crippen LogP contribution in [-0.2, 0) is 0 Å². The van der Waals surface area contributed by atoms with Crippen LogP contribution >= 0.6 is 0 Å². The molecule has 318 valence electrons. The van der Waals surface area contributed by atoms with Crippen molar-refractivity contribution in [2.75, 3.05) is 9.80 Å². The van der Waals surface area contributed by atoms with Crippen molar-refractivity contribution in [3.05, 3.63) is 243 Å². The third kappa shape index (κ3) is 6.08. The number of rotatable bonds is 7. The van der Waals surface area contributed by atoms with Crippen molar-refractivity contribution in [2.45, 2.75) is 0 Å². The van der Waals surface area contributed by atoms with E-state index in [1.807, 2.05) is 24.3 Å². The van der Waals surface area contributed by atoms with Crippen molar-refractivity contribution >= 4 is 121 Å². The minimum Gasteiger partial charge on any atom is -0.456 e. The zero-order chi connectivity index (χ0) is 44.7. The van der Waals surface area contributed by atoms with E-state index in [-0.39, 0.29) is 0 Å². The Morgan fingerprint density at radius 3 is 0.971 bits per heavy atom. The first-order valence-corrected chi connectivity index (χ1v) is 23.1. The summed E-state index contributed by atoms with van der Waals surface area (Å²) in [5, 5.41) is 14.1. The van der Waals surface area contributed by atoms with Crippen LogP contribution in [-0.4, -0.2) is 0 Å². The van der Waals surface area contributed by atoms with Gasteiger partial charge < -0.3 is 18.6 Å². The molecule has 2 heterocycles. The van der Waals surface area contributed by atoms with Crippen molar-refractivity contribution in [2.24, 2.45) is 0 Å². The van der Waals surface area contributed by atoms with E-state index in [2.05, 4.69) is 228 Å². The quantitative estimate of drug-likeness (QED) is 0.149. The van der Waals surface area contributed by atoms with Crippen molar-refractivity contribution < 1.29 is 8.83 Å². The molecule has 0 saturated carbocycles. The lowest BCUT2D eigenvalue weighted by Crippen LogP contribution is -2.11. The third-order valence-corrected chi connectivity index (χ3v) is 13.8. The van der Waals surface area contributed by atoms with Gasteiger partial charge in [0.1, 0.15) is 22.3 Å². The summed E-state index contributed by atoms with van der Waals surface area (Å²) >= 11 is 0. The Morgan fingerprint density at radius 2 is 0.544 bits per heavy atom. The second kappa shape index (κ2) is 15.2. The predicted octanol–water partition coefficient (Wildman–Crippen LogP) is 18.7. The Kier molecular flexibility index (Phi) is 8.55. The average Bonchev–Trinajstić information content (AvgIpc) is 3.97. The molecule has 0 fully saturated rings. The van der Waals surface area contributed by atoms with E-state index in [1.54, 1.807) is 0 Å². The van der Waals surface area contributed by atoms with Gasteiger partial charge in [-0.1, -0.05) is 158 Å². The fourth-order valence-electron chi connectivity index (χ4n) is 10.6. The fourth-order valence-corrected chi connectivity index (χ4v) is 10.6. The summed E-state index contributed by atoms with van der Waals surface area (Å²) in [4.78, 5) is 4.79. The third-order valence-electron chi connectivity index (χ3n) is 13.8. The molecule has 0 atom stereocenters. The van der Waals surface area contributed by atoms with Crippen molar-refractivity contribution in [3.63, 3.8) is 0 Å². The largest absolute Gasteiger partial charge is 0.456 e. The Bertz CT molecular complexity index is 4000. The Balaban J connectivity index is 0.898. The molecule has 2 aromatic heterocycles. The van der Waals surface area contributed by atoms with Gasteiger partial charge in [0.05, 0.1) is 11.4 Å². The summed E-state index contributed by atoms with van der Waals surface area (Å²) in [6.45, 7) is 0. The molecule has 4 heteroatoms. The van der Waals surface area contributed by atoms with E-state index in [1.165, 1.54) is 43.1 Å². The Labute approximate surface area is 391 Å². The number of benzene rings is 12. The number of para-hydroxylation sites is 2. The van der Waals surface area contributed by atoms with E-state index in [0.717, 1.165) is 89.1 Å². The lowest BCUT2D eigenvalue weighted by molar-refractivity contribution is 0.668. The van der Waals surface area contributed by atoms with E-state index in [0.29, 0.717) is 0 Å². The molecule has 4 nitrogen and oxygen atoms in total. The smallest absolute Gasteiger partial charge is 0.135 e. The molecule has 0 N–H and O–H groups in total. The molecule has 68 heavy (non-hydrogen) atoms. The van der Waals surface area contributed by atoms with Crippen molar-refractivity contribution in [1.29, 1.82) is 0 Å². The van der Waals surface area contributed by atoms with Gasteiger partial charge in [-0.15, -0.1) is 0 Å². The summed E-state index contributed by atoms with van der Waals surface area (Å²) in [6, 6.07) is 87.2. The molecule has 0 spiro atoms. The number of anilines is 6. The lowest BCUT2D eigenvalue weighted by atomic mass is 9.98. The maximum atomic E-state index is 6.30. The highest BCUT2D eigenvalue weighted by molar-refractivity contribution is 6.17. The van der Waals surface area contributed by atoms with Crippen LogP contribution in [0, 0.1) is 0 Å². The number of nitrogens with zero attached hydrogens (tertiary/aromatic N) is 2. The van der Waals surface area contributed by atoms with E-state index >= 15 is 0 Å². The molecule has 0 radical (unpaired) electrons. The predicted molar refractivity (Wildman–Crippen MR) is 286 cm³/mol. The topological polar surface area (TPSA) is 32.8 Å². The van der Waals surface area contributed by atoms with Gasteiger partial charge in [-0.05, 0) is 128 Å². The van der Waals surface area contributed by atoms with Crippen LogP contribution in [0.4, 0.5) is 34.1 Å². The molecular formula is C64H40N2O2. The highest BCUT2D eigenvalue weighted by Crippen LogP contribution is 2.46. The minimum atomic E-state index is 0.875. The van der Waals surface area contributed by atoms with Gasteiger partial charge >= 0.3 is 0 Å². The maximum Gasteiger partial charge on any atom is 0.135 e. The molecule has 0 aliphatic carbocycles. The SMILES string of the molecule is c1ccc2c(c1)cc(N(c1ccc(-c3ccc(N(c4ccc5oc6ccccc6c5c4)c4cc5ccccc5c5ccccc45)cc3)cc1)c1ccc3oc4ccccc4c3c1)c1ccccc12. The van der Waals surface area contributed by atoms with Crippen LogP contribution in [0.3, 0.4) is 0 Å². The highest BCUT2D eigenvalue weighted by atomic mass is 16.3. The van der Waals surface area contributed by atoms with Gasteiger partial charge in [0.25, 0.3) is 0 Å². The van der Waals surface area contributed by atoms with Gasteiger partial charge in [-0.25, -0.2) is 0 Å².